The average molecular weight is 2010 g/mol. The lowest BCUT2D eigenvalue weighted by Gasteiger charge is -2.27. The summed E-state index contributed by atoms with van der Waals surface area (Å²) in [4.78, 5) is 137. The summed E-state index contributed by atoms with van der Waals surface area (Å²) in [6.45, 7) is 26.1. The molecule has 2 heterocycles. The highest BCUT2D eigenvalue weighted by Crippen LogP contribution is 2.44. The van der Waals surface area contributed by atoms with Gasteiger partial charge in [-0.05, 0) is 316 Å². The molecule has 0 bridgehead atoms. The summed E-state index contributed by atoms with van der Waals surface area (Å²) in [6.07, 6.45) is 36.9. The normalized spacial score (nSPS) is 17.1. The maximum absolute atomic E-state index is 13.2. The summed E-state index contributed by atoms with van der Waals surface area (Å²) >= 11 is 2.89. The molecule has 0 N–H and O–H groups in total. The van der Waals surface area contributed by atoms with Crippen molar-refractivity contribution in [2.45, 2.75) is 245 Å². The molecule has 5 aromatic carbocycles. The van der Waals surface area contributed by atoms with Crippen LogP contribution in [0.25, 0.3) is 30.4 Å². The van der Waals surface area contributed by atoms with Crippen LogP contribution in [0, 0.1) is 42.4 Å². The van der Waals surface area contributed by atoms with Gasteiger partial charge < -0.3 is 75.8 Å². The number of aryl methyl sites for hydroxylation is 1. The molecule has 0 atom stereocenters. The summed E-state index contributed by atoms with van der Waals surface area (Å²) in [5, 5.41) is 1.39. The molecule has 2 aromatic heterocycles. The van der Waals surface area contributed by atoms with Gasteiger partial charge in [-0.2, -0.15) is 0 Å². The average Bonchev–Trinajstić information content (AvgIpc) is 1.62. The van der Waals surface area contributed by atoms with E-state index in [0.29, 0.717) is 174 Å². The number of aromatic nitrogens is 2. The van der Waals surface area contributed by atoms with Crippen LogP contribution in [0.15, 0.2) is 166 Å². The number of thiazole rings is 2. The third-order valence-corrected chi connectivity index (χ3v) is 26.8. The second-order valence-electron chi connectivity index (χ2n) is 34.9. The quantitative estimate of drug-likeness (QED) is 0.0112. The minimum absolute atomic E-state index is 0.0139. The van der Waals surface area contributed by atoms with Crippen molar-refractivity contribution in [2.75, 3.05) is 95.0 Å². The fourth-order valence-corrected chi connectivity index (χ4v) is 18.1. The molecular weight excluding hydrogens is 1860 g/mol. The van der Waals surface area contributed by atoms with Crippen molar-refractivity contribution in [3.8, 4) is 50.3 Å². The molecule has 31 heteroatoms. The van der Waals surface area contributed by atoms with Crippen LogP contribution in [0.3, 0.4) is 0 Å². The van der Waals surface area contributed by atoms with E-state index in [0.717, 1.165) is 171 Å². The van der Waals surface area contributed by atoms with Crippen LogP contribution >= 0.6 is 22.7 Å². The minimum Gasteiger partial charge on any atom is -0.497 e. The van der Waals surface area contributed by atoms with Gasteiger partial charge in [0, 0.05) is 56.4 Å². The van der Waals surface area contributed by atoms with Gasteiger partial charge in [0.2, 0.25) is 0 Å². The van der Waals surface area contributed by atoms with E-state index < -0.39 is 11.9 Å². The Morgan fingerprint density at radius 1 is 0.338 bits per heavy atom. The molecule has 0 amide bonds. The molecule has 0 unspecified atom stereocenters. The SMILES string of the molecule is C=CC(=O)OCCCCCCC1CCC(OC)CC1.C=CC(=O)OCCCCCCOC(=O)c1ccc(OC)cc1.C=CC(=O)OCCCCCCOc1ccc(OC)cc1.C=CC(=O)OCCCCOC(=O)C1CCC(OC)CC1.C=CC(=O)OCCCCOc1ccc(OC)cc1.CC(=O)C1CCC(C(=O)Oc2ccc(OC(=O)C3CCC(C(C)=O)CC3)c3sc(-c4nc5ccc(C)cc5s4)nc23)CC1. The Kier molecular flexibility index (Phi) is 58.4. The number of carbonyl (C=O) groups is 11. The van der Waals surface area contributed by atoms with E-state index >= 15 is 0 Å². The van der Waals surface area contributed by atoms with E-state index in [-0.39, 0.29) is 82.9 Å². The molecule has 29 nitrogen and oxygen atoms in total. The topological polar surface area (TPSA) is 361 Å². The van der Waals surface area contributed by atoms with E-state index in [9.17, 15) is 52.7 Å². The number of Topliss-reactive ketones (excluding diaryl/α,β-unsaturated/α-hetero) is 2. The van der Waals surface area contributed by atoms with Crippen molar-refractivity contribution in [2.24, 2.45) is 35.5 Å². The van der Waals surface area contributed by atoms with Crippen LogP contribution in [0.4, 0.5) is 0 Å². The number of benzene rings is 5. The van der Waals surface area contributed by atoms with Gasteiger partial charge in [0.05, 0.1) is 127 Å². The first-order chi connectivity index (χ1) is 68.8. The van der Waals surface area contributed by atoms with Gasteiger partial charge in [0.15, 0.2) is 21.5 Å². The number of rotatable bonds is 52. The summed E-state index contributed by atoms with van der Waals surface area (Å²) in [7, 11) is 8.38. The molecule has 7 aromatic rings. The number of unbranched alkanes of at least 4 members (excludes halogenated alkanes) is 11. The van der Waals surface area contributed by atoms with Crippen LogP contribution in [-0.4, -0.2) is 182 Å². The number of hydrogen-bond acceptors (Lipinski definition) is 31. The van der Waals surface area contributed by atoms with E-state index in [2.05, 4.69) is 39.0 Å². The Labute approximate surface area is 845 Å². The Balaban J connectivity index is 0.000000272. The van der Waals surface area contributed by atoms with Crippen molar-refractivity contribution in [3.05, 3.63) is 178 Å². The van der Waals surface area contributed by atoms with Crippen molar-refractivity contribution in [1.82, 2.24) is 9.97 Å². The van der Waals surface area contributed by atoms with Crippen molar-refractivity contribution in [1.29, 1.82) is 0 Å². The zero-order chi connectivity index (χ0) is 103. The number of hydrogen-bond donors (Lipinski definition) is 0. The molecule has 142 heavy (non-hydrogen) atoms. The lowest BCUT2D eigenvalue weighted by molar-refractivity contribution is -0.151. The van der Waals surface area contributed by atoms with E-state index in [1.807, 2.05) is 74.7 Å². The highest BCUT2D eigenvalue weighted by molar-refractivity contribution is 7.28. The van der Waals surface area contributed by atoms with Gasteiger partial charge in [0.1, 0.15) is 50.5 Å². The molecule has 4 aliphatic carbocycles. The number of methoxy groups -OCH3 is 5. The molecule has 4 saturated carbocycles. The molecule has 0 aliphatic heterocycles. The van der Waals surface area contributed by atoms with Crippen molar-refractivity contribution < 1.29 is 129 Å². The second kappa shape index (κ2) is 69.9. The largest absolute Gasteiger partial charge is 0.497 e. The molecule has 4 aliphatic rings. The molecule has 11 rings (SSSR count). The summed E-state index contributed by atoms with van der Waals surface area (Å²) in [5.41, 5.74) is 2.99. The van der Waals surface area contributed by atoms with Crippen LogP contribution in [0.5, 0.6) is 40.2 Å². The van der Waals surface area contributed by atoms with Gasteiger partial charge in [-0.1, -0.05) is 64.6 Å². The number of carbonyl (C=O) groups excluding carboxylic acids is 11. The lowest BCUT2D eigenvalue weighted by atomic mass is 9.80. The van der Waals surface area contributed by atoms with Gasteiger partial charge in [-0.25, -0.2) is 38.7 Å². The smallest absolute Gasteiger partial charge is 0.338 e. The van der Waals surface area contributed by atoms with E-state index in [1.165, 1.54) is 79.8 Å². The maximum Gasteiger partial charge on any atom is 0.338 e. The minimum atomic E-state index is -0.420. The standard InChI is InChI=1S/C33H34N2O6S2.C17H22O5.C16H22O4.C16H28O3.C15H24O5.C14H18O4/c1-17-4-13-24-27(16-17)42-30(34-24)31-35-28-25(40-32(38)22-9-5-20(6-10-22)18(2)36)14-15-26(29(28)43-31)41-33(39)23-11-7-21(8-12-23)19(3)37;1-3-16(18)21-12-6-4-5-7-13-22-17(19)14-8-10-15(20-2)11-9-14;1-3-16(17)20-13-7-5-4-6-12-19-15-10-8-14(18-2)9-11-15;1-3-16(17)19-13-7-5-4-6-8-14-9-11-15(18-2)12-10-14;1-3-14(16)19-10-4-5-11-20-15(17)12-6-8-13(18-2)9-7-12;1-3-14(15)18-11-5-4-10-17-13-8-6-12(16-2)7-9-13/h4,13-16,20-23H,5-12H2,1-3H3;3,8-11H,1,4-7,12-13H2,2H3;3,8-11H,1,4-7,12-13H2,2H3;3,14-15H,1,4-13H2,2H3;3,12-13H,1,4-11H2,2H3;3,6-9H,1,4-5,10-11H2,2H3. The predicted octanol–water partition coefficient (Wildman–Crippen LogP) is 22.7. The van der Waals surface area contributed by atoms with Gasteiger partial charge in [0.25, 0.3) is 0 Å². The fourth-order valence-electron chi connectivity index (χ4n) is 15.9. The van der Waals surface area contributed by atoms with Crippen molar-refractivity contribution >= 4 is 108 Å². The van der Waals surface area contributed by atoms with Crippen LogP contribution in [0.1, 0.15) is 242 Å². The van der Waals surface area contributed by atoms with Crippen molar-refractivity contribution in [3.63, 3.8) is 0 Å². The number of esters is 9. The monoisotopic (exact) mass is 2000 g/mol. The van der Waals surface area contributed by atoms with E-state index in [4.69, 9.17) is 85.8 Å². The maximum atomic E-state index is 13.2. The first-order valence-electron chi connectivity index (χ1n) is 49.6. The molecule has 776 valence electrons. The third kappa shape index (κ3) is 46.9. The number of ether oxygens (including phenoxy) is 16. The Morgan fingerprint density at radius 3 is 1.08 bits per heavy atom. The molecular formula is C111H148N2O27S2. The van der Waals surface area contributed by atoms with Crippen LogP contribution < -0.4 is 33.2 Å². The molecule has 4 fully saturated rings. The zero-order valence-corrected chi connectivity index (χ0v) is 85.9. The summed E-state index contributed by atoms with van der Waals surface area (Å²) in [6, 6.07) is 31.2. The number of ketones is 2. The number of nitrogens with zero attached hydrogens (tertiary/aromatic N) is 2. The van der Waals surface area contributed by atoms with Gasteiger partial charge in [-0.3, -0.25) is 24.0 Å². The highest BCUT2D eigenvalue weighted by Gasteiger charge is 2.34. The van der Waals surface area contributed by atoms with E-state index in [1.54, 1.807) is 78.7 Å². The first kappa shape index (κ1) is 119. The van der Waals surface area contributed by atoms with Gasteiger partial charge in [-0.15, -0.1) is 22.7 Å². The Bertz CT molecular complexity index is 4910. The zero-order valence-electron chi connectivity index (χ0n) is 84.3. The summed E-state index contributed by atoms with van der Waals surface area (Å²) < 4.78 is 85.3. The third-order valence-electron chi connectivity index (χ3n) is 24.5. The molecule has 0 radical (unpaired) electrons. The summed E-state index contributed by atoms with van der Waals surface area (Å²) in [5.74, 6) is 2.47. The first-order valence-corrected chi connectivity index (χ1v) is 51.2. The van der Waals surface area contributed by atoms with Crippen LogP contribution in [0.2, 0.25) is 0 Å². The predicted molar refractivity (Wildman–Crippen MR) is 547 cm³/mol. The second-order valence-corrected chi connectivity index (χ2v) is 36.9. The Hall–Kier alpha value is -11.9. The lowest BCUT2D eigenvalue weighted by Crippen LogP contribution is -2.28. The Morgan fingerprint density at radius 2 is 0.669 bits per heavy atom. The fraction of sp³-hybridized carbons (Fsp3) is 0.523. The van der Waals surface area contributed by atoms with Gasteiger partial charge >= 0.3 is 53.7 Å². The van der Waals surface area contributed by atoms with Crippen LogP contribution in [-0.2, 0) is 90.6 Å². The molecule has 0 spiro atoms. The number of fused-ring (bicyclic) bond motifs is 2. The molecule has 0 saturated heterocycles. The highest BCUT2D eigenvalue weighted by atomic mass is 32.1.